The maximum atomic E-state index is 13.0. The molecule has 2 saturated carbocycles. The van der Waals surface area contributed by atoms with Gasteiger partial charge in [-0.15, -0.1) is 0 Å². The molecule has 0 bridgehead atoms. The highest BCUT2D eigenvalue weighted by atomic mass is 16.3. The number of carbonyl (C=O) groups excluding carboxylic acids is 3. The fourth-order valence-corrected chi connectivity index (χ4v) is 6.44. The monoisotopic (exact) mass is 608 g/mol. The van der Waals surface area contributed by atoms with Crippen LogP contribution in [0.25, 0.3) is 5.65 Å². The molecule has 230 valence electrons. The number of aliphatic hydroxyl groups is 1. The maximum absolute atomic E-state index is 13.0. The molecule has 8 rings (SSSR count). The predicted octanol–water partition coefficient (Wildman–Crippen LogP) is 2.55. The average Bonchev–Trinajstić information content (AvgIpc) is 3.94. The van der Waals surface area contributed by atoms with Gasteiger partial charge in [0.15, 0.2) is 5.65 Å². The van der Waals surface area contributed by atoms with E-state index in [0.717, 1.165) is 29.0 Å². The summed E-state index contributed by atoms with van der Waals surface area (Å²) >= 11 is 0. The van der Waals surface area contributed by atoms with Crippen molar-refractivity contribution in [1.82, 2.24) is 34.2 Å². The van der Waals surface area contributed by atoms with Crippen LogP contribution in [0.4, 0.5) is 22.2 Å². The van der Waals surface area contributed by atoms with Crippen molar-refractivity contribution in [1.29, 1.82) is 0 Å². The molecule has 0 unspecified atom stereocenters. The van der Waals surface area contributed by atoms with E-state index >= 15 is 0 Å². The van der Waals surface area contributed by atoms with Crippen LogP contribution in [-0.4, -0.2) is 83.4 Å². The minimum absolute atomic E-state index is 0.0269. The molecule has 4 aromatic rings. The Bertz CT molecular complexity index is 1870. The van der Waals surface area contributed by atoms with Crippen molar-refractivity contribution in [3.05, 3.63) is 65.8 Å². The number of urea groups is 1. The molecular formula is C31H32N10O4. The van der Waals surface area contributed by atoms with Crippen molar-refractivity contribution in [3.8, 4) is 0 Å². The first-order valence-electron chi connectivity index (χ1n) is 15.2. The number of nitrogens with one attached hydrogen (secondary N) is 1. The average molecular weight is 609 g/mol. The van der Waals surface area contributed by atoms with Crippen LogP contribution in [0.1, 0.15) is 66.3 Å². The minimum Gasteiger partial charge on any atom is -0.391 e. The Hall–Kier alpha value is -4.98. The summed E-state index contributed by atoms with van der Waals surface area (Å²) < 4.78 is 1.92. The highest BCUT2D eigenvalue weighted by molar-refractivity contribution is 6.13. The number of imide groups is 1. The molecule has 4 atom stereocenters. The number of likely N-dealkylation sites (N-methyl/N-ethyl adjacent to an activating group) is 1. The molecule has 14 nitrogen and oxygen atoms in total. The number of aliphatic hydroxyl groups excluding tert-OH is 1. The molecule has 4 fully saturated rings. The Morgan fingerprint density at radius 1 is 1.04 bits per heavy atom. The molecule has 0 radical (unpaired) electrons. The number of aromatic nitrogens is 6. The summed E-state index contributed by atoms with van der Waals surface area (Å²) in [5.41, 5.74) is 3.83. The lowest BCUT2D eigenvalue weighted by atomic mass is 10.1. The predicted molar refractivity (Wildman–Crippen MR) is 162 cm³/mol. The lowest BCUT2D eigenvalue weighted by Gasteiger charge is -2.24. The van der Waals surface area contributed by atoms with Gasteiger partial charge in [-0.3, -0.25) is 24.7 Å². The van der Waals surface area contributed by atoms with Crippen molar-refractivity contribution in [2.24, 2.45) is 5.92 Å². The van der Waals surface area contributed by atoms with Crippen LogP contribution >= 0.6 is 0 Å². The second-order valence-corrected chi connectivity index (χ2v) is 12.4. The zero-order valence-corrected chi connectivity index (χ0v) is 24.9. The van der Waals surface area contributed by atoms with Gasteiger partial charge in [0.05, 0.1) is 23.5 Å². The summed E-state index contributed by atoms with van der Waals surface area (Å²) in [5, 5.41) is 13.6. The van der Waals surface area contributed by atoms with E-state index in [1.54, 1.807) is 18.5 Å². The molecule has 0 aromatic carbocycles. The smallest absolute Gasteiger partial charge is 0.331 e. The molecule has 4 amide bonds. The first-order valence-corrected chi connectivity index (χ1v) is 15.2. The molecule has 2 saturated heterocycles. The van der Waals surface area contributed by atoms with Gasteiger partial charge in [0.1, 0.15) is 18.2 Å². The van der Waals surface area contributed by atoms with Crippen LogP contribution in [0.5, 0.6) is 0 Å². The summed E-state index contributed by atoms with van der Waals surface area (Å²) in [6, 6.07) is 4.86. The van der Waals surface area contributed by atoms with Gasteiger partial charge in [-0.1, -0.05) is 0 Å². The third-order valence-electron chi connectivity index (χ3n) is 9.16. The standard InChI is InChI=1S/C31H32N10O4/c1-16-5-7-32-27(34-16)20-11-21(20)29(44)37-30-33-8-6-25(36-30)40-13-19(42)10-23(40)22-14-39-12-18(17-3-4-17)9-24(28(39)35-22)41-15-26(43)38(2)31(41)45/h5-9,12,14,17,19-21,23,42H,3-4,10-11,13,15H2,1-2H3,(H,33,36,37,44)/t19-,20-,21-,23+/m0/s1. The number of anilines is 3. The highest BCUT2D eigenvalue weighted by Crippen LogP contribution is 2.47. The molecule has 14 heteroatoms. The summed E-state index contributed by atoms with van der Waals surface area (Å²) in [4.78, 5) is 65.6. The first kappa shape index (κ1) is 27.6. The number of pyridine rings is 1. The molecule has 4 aliphatic rings. The topological polar surface area (TPSA) is 162 Å². The van der Waals surface area contributed by atoms with E-state index in [9.17, 15) is 19.5 Å². The zero-order valence-electron chi connectivity index (χ0n) is 24.9. The Morgan fingerprint density at radius 3 is 2.62 bits per heavy atom. The third kappa shape index (κ3) is 4.94. The van der Waals surface area contributed by atoms with Gasteiger partial charge >= 0.3 is 6.03 Å². The van der Waals surface area contributed by atoms with E-state index < -0.39 is 6.10 Å². The lowest BCUT2D eigenvalue weighted by molar-refractivity contribution is -0.124. The molecule has 45 heavy (non-hydrogen) atoms. The SMILES string of the molecule is Cc1ccnc([C@H]2C[C@@H]2C(=O)Nc2nccc(N3C[C@@H](O)C[C@@H]3c3cn4cc(C5CC5)cc(N5CC(=O)N(C)C5=O)c4n3)n2)n1. The van der Waals surface area contributed by atoms with Gasteiger partial charge in [-0.05, 0) is 55.9 Å². The van der Waals surface area contributed by atoms with Gasteiger partial charge < -0.3 is 14.4 Å². The van der Waals surface area contributed by atoms with Gasteiger partial charge in [0.25, 0.3) is 0 Å². The van der Waals surface area contributed by atoms with Crippen LogP contribution in [0, 0.1) is 12.8 Å². The van der Waals surface area contributed by atoms with Crippen LogP contribution in [0.15, 0.2) is 43.0 Å². The van der Waals surface area contributed by atoms with Gasteiger partial charge in [-0.2, -0.15) is 4.98 Å². The first-order chi connectivity index (χ1) is 21.7. The van der Waals surface area contributed by atoms with E-state index in [4.69, 9.17) is 4.98 Å². The van der Waals surface area contributed by atoms with Crippen molar-refractivity contribution in [2.45, 2.75) is 56.6 Å². The number of carbonyl (C=O) groups is 3. The van der Waals surface area contributed by atoms with Crippen molar-refractivity contribution in [3.63, 3.8) is 0 Å². The Morgan fingerprint density at radius 2 is 1.87 bits per heavy atom. The van der Waals surface area contributed by atoms with Gasteiger partial charge in [-0.25, -0.2) is 24.7 Å². The van der Waals surface area contributed by atoms with Crippen molar-refractivity contribution < 1.29 is 19.5 Å². The second kappa shape index (κ2) is 10.3. The molecule has 2 aliphatic carbocycles. The van der Waals surface area contributed by atoms with Crippen molar-refractivity contribution >= 4 is 40.9 Å². The number of hydrogen-bond acceptors (Lipinski definition) is 10. The third-order valence-corrected chi connectivity index (χ3v) is 9.16. The molecular weight excluding hydrogens is 576 g/mol. The highest BCUT2D eigenvalue weighted by Gasteiger charge is 2.46. The van der Waals surface area contributed by atoms with Gasteiger partial charge in [0.2, 0.25) is 17.8 Å². The Labute approximate surface area is 258 Å². The van der Waals surface area contributed by atoms with Crippen molar-refractivity contribution in [2.75, 3.05) is 35.3 Å². The number of fused-ring (bicyclic) bond motifs is 1. The fraction of sp³-hybridized carbons (Fsp3) is 0.419. The number of imidazole rings is 1. The largest absolute Gasteiger partial charge is 0.391 e. The number of rotatable bonds is 7. The van der Waals surface area contributed by atoms with Gasteiger partial charge in [0, 0.05) is 62.3 Å². The van der Waals surface area contributed by atoms with E-state index in [0.29, 0.717) is 54.0 Å². The van der Waals surface area contributed by atoms with E-state index in [1.807, 2.05) is 40.8 Å². The van der Waals surface area contributed by atoms with E-state index in [-0.39, 0.29) is 48.2 Å². The minimum atomic E-state index is -0.623. The number of β-amino-alcohol motifs (C(OH)–C–C–N with tert-alkyl or cyclic N) is 1. The molecule has 6 heterocycles. The summed E-state index contributed by atoms with van der Waals surface area (Å²) in [7, 11) is 1.49. The molecule has 4 aromatic heterocycles. The summed E-state index contributed by atoms with van der Waals surface area (Å²) in [5.74, 6) is 1.10. The second-order valence-electron chi connectivity index (χ2n) is 12.4. The Balaban J connectivity index is 1.06. The molecule has 2 aliphatic heterocycles. The number of amides is 4. The molecule has 2 N–H and O–H groups in total. The lowest BCUT2D eigenvalue weighted by Crippen LogP contribution is -2.30. The maximum Gasteiger partial charge on any atom is 0.331 e. The number of nitrogens with zero attached hydrogens (tertiary/aromatic N) is 9. The quantitative estimate of drug-likeness (QED) is 0.298. The van der Waals surface area contributed by atoms with Crippen LogP contribution in [0.3, 0.4) is 0 Å². The van der Waals surface area contributed by atoms with E-state index in [1.165, 1.54) is 11.9 Å². The molecule has 0 spiro atoms. The Kier molecular flexibility index (Phi) is 6.31. The zero-order chi connectivity index (χ0) is 31.0. The number of hydrogen-bond donors (Lipinski definition) is 2. The van der Waals surface area contributed by atoms with Crippen LogP contribution < -0.4 is 15.1 Å². The van der Waals surface area contributed by atoms with Crippen LogP contribution in [-0.2, 0) is 9.59 Å². The van der Waals surface area contributed by atoms with Crippen LogP contribution in [0.2, 0.25) is 0 Å². The normalized spacial score (nSPS) is 24.6. The van der Waals surface area contributed by atoms with E-state index in [2.05, 4.69) is 25.3 Å². The summed E-state index contributed by atoms with van der Waals surface area (Å²) in [6.45, 7) is 2.18. The number of aryl methyl sites for hydroxylation is 1. The summed E-state index contributed by atoms with van der Waals surface area (Å²) in [6.07, 6.45) is 9.89. The fourth-order valence-electron chi connectivity index (χ4n) is 6.44.